The van der Waals surface area contributed by atoms with Crippen molar-refractivity contribution in [3.8, 4) is 0 Å². The van der Waals surface area contributed by atoms with Crippen LogP contribution in [0.25, 0.3) is 0 Å². The predicted octanol–water partition coefficient (Wildman–Crippen LogP) is 2.81. The average Bonchev–Trinajstić information content (AvgIpc) is 2.85. The molecule has 0 saturated heterocycles. The molecule has 3 nitrogen and oxygen atoms in total. The van der Waals surface area contributed by atoms with Crippen LogP contribution in [0.3, 0.4) is 0 Å². The summed E-state index contributed by atoms with van der Waals surface area (Å²) in [4.78, 5) is 0. The molecule has 0 amide bonds. The lowest BCUT2D eigenvalue weighted by Crippen LogP contribution is -2.30. The fourth-order valence-electron chi connectivity index (χ4n) is 2.56. The van der Waals surface area contributed by atoms with Crippen LogP contribution in [-0.4, -0.2) is 26.8 Å². The second-order valence-corrected chi connectivity index (χ2v) is 6.14. The van der Waals surface area contributed by atoms with Crippen molar-refractivity contribution in [1.82, 2.24) is 5.32 Å². The first-order chi connectivity index (χ1) is 9.12. The Labute approximate surface area is 116 Å². The highest BCUT2D eigenvalue weighted by molar-refractivity contribution is 5.61. The second-order valence-electron chi connectivity index (χ2n) is 6.14. The highest BCUT2D eigenvalue weighted by Gasteiger charge is 2.18. The molecule has 0 aromatic heterocycles. The summed E-state index contributed by atoms with van der Waals surface area (Å²) in [6.45, 7) is 8.43. The van der Waals surface area contributed by atoms with E-state index in [9.17, 15) is 0 Å². The molecule has 106 valence electrons. The number of anilines is 1. The maximum Gasteiger partial charge on any atom is 0.0467 e. The molecule has 1 aromatic rings. The molecule has 0 atom stereocenters. The fourth-order valence-corrected chi connectivity index (χ4v) is 2.56. The third-order valence-corrected chi connectivity index (χ3v) is 3.84. The molecule has 1 aliphatic heterocycles. The molecule has 2 N–H and O–H groups in total. The van der Waals surface area contributed by atoms with Crippen LogP contribution in [0.1, 0.15) is 31.4 Å². The number of methoxy groups -OCH3 is 1. The Morgan fingerprint density at radius 3 is 3.00 bits per heavy atom. The van der Waals surface area contributed by atoms with Crippen molar-refractivity contribution in [3.05, 3.63) is 29.3 Å². The highest BCUT2D eigenvalue weighted by atomic mass is 16.5. The van der Waals surface area contributed by atoms with E-state index in [0.717, 1.165) is 39.1 Å². The van der Waals surface area contributed by atoms with E-state index in [2.05, 4.69) is 42.7 Å². The molecule has 19 heavy (non-hydrogen) atoms. The van der Waals surface area contributed by atoms with E-state index < -0.39 is 0 Å². The standard InChI is InChI=1S/C16H26N2O/c1-16(2,8-10-19-3)12-17-11-14-6-4-5-13-7-9-18-15(13)14/h4-6,17-18H,7-12H2,1-3H3. The summed E-state index contributed by atoms with van der Waals surface area (Å²) in [5.74, 6) is 0. The second kappa shape index (κ2) is 6.40. The molecule has 1 aromatic carbocycles. The number of nitrogens with one attached hydrogen (secondary N) is 2. The Morgan fingerprint density at radius 1 is 1.37 bits per heavy atom. The van der Waals surface area contributed by atoms with Gasteiger partial charge >= 0.3 is 0 Å². The number of benzene rings is 1. The van der Waals surface area contributed by atoms with Crippen molar-refractivity contribution in [2.24, 2.45) is 5.41 Å². The Bertz CT molecular complexity index is 415. The molecule has 1 aliphatic rings. The first-order valence-electron chi connectivity index (χ1n) is 7.17. The number of ether oxygens (including phenoxy) is 1. The van der Waals surface area contributed by atoms with Crippen molar-refractivity contribution in [2.45, 2.75) is 33.2 Å². The van der Waals surface area contributed by atoms with Crippen LogP contribution in [0.4, 0.5) is 5.69 Å². The normalized spacial score (nSPS) is 14.3. The van der Waals surface area contributed by atoms with Crippen LogP contribution in [0.15, 0.2) is 18.2 Å². The first-order valence-corrected chi connectivity index (χ1v) is 7.17. The van der Waals surface area contributed by atoms with Crippen LogP contribution < -0.4 is 10.6 Å². The van der Waals surface area contributed by atoms with Crippen molar-refractivity contribution >= 4 is 5.69 Å². The van der Waals surface area contributed by atoms with Crippen LogP contribution in [0, 0.1) is 5.41 Å². The fraction of sp³-hybridized carbons (Fsp3) is 0.625. The van der Waals surface area contributed by atoms with Crippen LogP contribution >= 0.6 is 0 Å². The Kier molecular flexibility index (Phi) is 4.83. The number of hydrogen-bond acceptors (Lipinski definition) is 3. The highest BCUT2D eigenvalue weighted by Crippen LogP contribution is 2.26. The van der Waals surface area contributed by atoms with Crippen LogP contribution in [-0.2, 0) is 17.7 Å². The third kappa shape index (κ3) is 3.95. The minimum Gasteiger partial charge on any atom is -0.385 e. The number of para-hydroxylation sites is 1. The van der Waals surface area contributed by atoms with Gasteiger partial charge in [0.15, 0.2) is 0 Å². The van der Waals surface area contributed by atoms with Gasteiger partial charge in [-0.2, -0.15) is 0 Å². The zero-order valence-corrected chi connectivity index (χ0v) is 12.4. The van der Waals surface area contributed by atoms with Crippen molar-refractivity contribution in [2.75, 3.05) is 32.1 Å². The predicted molar refractivity (Wildman–Crippen MR) is 80.6 cm³/mol. The van der Waals surface area contributed by atoms with Crippen LogP contribution in [0.2, 0.25) is 0 Å². The van der Waals surface area contributed by atoms with Gasteiger partial charge in [-0.3, -0.25) is 0 Å². The topological polar surface area (TPSA) is 33.3 Å². The van der Waals surface area contributed by atoms with Gasteiger partial charge < -0.3 is 15.4 Å². The molecule has 0 spiro atoms. The van der Waals surface area contributed by atoms with E-state index in [-0.39, 0.29) is 5.41 Å². The summed E-state index contributed by atoms with van der Waals surface area (Å²) >= 11 is 0. The summed E-state index contributed by atoms with van der Waals surface area (Å²) < 4.78 is 5.17. The van der Waals surface area contributed by atoms with Crippen molar-refractivity contribution in [1.29, 1.82) is 0 Å². The molecule has 0 fully saturated rings. The van der Waals surface area contributed by atoms with Crippen molar-refractivity contribution in [3.63, 3.8) is 0 Å². The van der Waals surface area contributed by atoms with Gasteiger partial charge in [0, 0.05) is 39.0 Å². The van der Waals surface area contributed by atoms with E-state index in [1.54, 1.807) is 7.11 Å². The summed E-state index contributed by atoms with van der Waals surface area (Å²) in [6.07, 6.45) is 2.24. The maximum atomic E-state index is 5.17. The molecule has 0 bridgehead atoms. The van der Waals surface area contributed by atoms with Gasteiger partial charge in [0.2, 0.25) is 0 Å². The molecular formula is C16H26N2O. The Morgan fingerprint density at radius 2 is 2.21 bits per heavy atom. The lowest BCUT2D eigenvalue weighted by Gasteiger charge is -2.25. The van der Waals surface area contributed by atoms with Gasteiger partial charge in [0.05, 0.1) is 0 Å². The molecule has 2 rings (SSSR count). The number of fused-ring (bicyclic) bond motifs is 1. The van der Waals surface area contributed by atoms with E-state index >= 15 is 0 Å². The van der Waals surface area contributed by atoms with Gasteiger partial charge in [0.1, 0.15) is 0 Å². The third-order valence-electron chi connectivity index (χ3n) is 3.84. The smallest absolute Gasteiger partial charge is 0.0467 e. The monoisotopic (exact) mass is 262 g/mol. The lowest BCUT2D eigenvalue weighted by atomic mass is 9.89. The Balaban J connectivity index is 1.85. The average molecular weight is 262 g/mol. The van der Waals surface area contributed by atoms with Gasteiger partial charge in [-0.05, 0) is 29.4 Å². The summed E-state index contributed by atoms with van der Waals surface area (Å²) in [5.41, 5.74) is 4.47. The van der Waals surface area contributed by atoms with Gasteiger partial charge in [-0.25, -0.2) is 0 Å². The largest absolute Gasteiger partial charge is 0.385 e. The number of rotatable bonds is 7. The number of hydrogen-bond donors (Lipinski definition) is 2. The van der Waals surface area contributed by atoms with E-state index in [1.165, 1.54) is 16.8 Å². The van der Waals surface area contributed by atoms with Crippen LogP contribution in [0.5, 0.6) is 0 Å². The minimum atomic E-state index is 0.279. The van der Waals surface area contributed by atoms with E-state index in [0.29, 0.717) is 0 Å². The van der Waals surface area contributed by atoms with Gasteiger partial charge in [-0.15, -0.1) is 0 Å². The first kappa shape index (κ1) is 14.4. The summed E-state index contributed by atoms with van der Waals surface area (Å²) in [5, 5.41) is 7.08. The zero-order chi connectivity index (χ0) is 13.7. The molecule has 0 radical (unpaired) electrons. The Hall–Kier alpha value is -1.06. The summed E-state index contributed by atoms with van der Waals surface area (Å²) in [6, 6.07) is 6.60. The molecular weight excluding hydrogens is 236 g/mol. The van der Waals surface area contributed by atoms with Gasteiger partial charge in [0.25, 0.3) is 0 Å². The quantitative estimate of drug-likeness (QED) is 0.793. The van der Waals surface area contributed by atoms with Crippen molar-refractivity contribution < 1.29 is 4.74 Å². The van der Waals surface area contributed by atoms with E-state index in [4.69, 9.17) is 4.74 Å². The molecule has 0 aliphatic carbocycles. The molecule has 1 heterocycles. The van der Waals surface area contributed by atoms with E-state index in [1.807, 2.05) is 0 Å². The lowest BCUT2D eigenvalue weighted by molar-refractivity contribution is 0.150. The molecule has 3 heteroatoms. The summed E-state index contributed by atoms with van der Waals surface area (Å²) in [7, 11) is 1.77. The molecule has 0 unspecified atom stereocenters. The van der Waals surface area contributed by atoms with Gasteiger partial charge in [-0.1, -0.05) is 32.0 Å². The molecule has 0 saturated carbocycles. The minimum absolute atomic E-state index is 0.279. The zero-order valence-electron chi connectivity index (χ0n) is 12.4. The SMILES string of the molecule is COCCC(C)(C)CNCc1cccc2c1NCC2. The maximum absolute atomic E-state index is 5.17.